The van der Waals surface area contributed by atoms with Crippen molar-refractivity contribution in [3.05, 3.63) is 84.6 Å². The summed E-state index contributed by atoms with van der Waals surface area (Å²) in [7, 11) is 0. The van der Waals surface area contributed by atoms with E-state index in [9.17, 15) is 13.6 Å². The highest BCUT2D eigenvalue weighted by Gasteiger charge is 2.44. The molecule has 1 aromatic heterocycles. The van der Waals surface area contributed by atoms with Crippen molar-refractivity contribution in [3.63, 3.8) is 0 Å². The number of rotatable bonds is 5. The number of nitrogens with zero attached hydrogens (tertiary/aromatic N) is 3. The second kappa shape index (κ2) is 8.00. The molecule has 0 aliphatic carbocycles. The van der Waals surface area contributed by atoms with Gasteiger partial charge in [-0.05, 0) is 41.0 Å². The second-order valence-electron chi connectivity index (χ2n) is 7.93. The minimum atomic E-state index is -2.66. The molecule has 32 heavy (non-hydrogen) atoms. The van der Waals surface area contributed by atoms with E-state index < -0.39 is 5.92 Å². The molecule has 5 rings (SSSR count). The number of amides is 1. The first kappa shape index (κ1) is 20.1. The minimum Gasteiger partial charge on any atom is -0.343 e. The summed E-state index contributed by atoms with van der Waals surface area (Å²) in [4.78, 5) is 22.7. The van der Waals surface area contributed by atoms with Crippen LogP contribution in [-0.2, 0) is 11.2 Å². The van der Waals surface area contributed by atoms with Gasteiger partial charge in [0.2, 0.25) is 5.91 Å². The Morgan fingerprint density at radius 1 is 0.938 bits per heavy atom. The number of benzene rings is 3. The lowest BCUT2D eigenvalue weighted by Crippen LogP contribution is -2.56. The zero-order valence-corrected chi connectivity index (χ0v) is 17.1. The first-order valence-electron chi connectivity index (χ1n) is 10.3. The predicted molar refractivity (Wildman–Crippen MR) is 121 cm³/mol. The van der Waals surface area contributed by atoms with Crippen LogP contribution in [0.3, 0.4) is 0 Å². The Labute approximate surface area is 183 Å². The zero-order chi connectivity index (χ0) is 22.1. The third-order valence-electron chi connectivity index (χ3n) is 5.41. The molecule has 1 N–H and O–H groups in total. The van der Waals surface area contributed by atoms with E-state index in [0.29, 0.717) is 23.3 Å². The quantitative estimate of drug-likeness (QED) is 0.488. The summed E-state index contributed by atoms with van der Waals surface area (Å²) in [6.45, 7) is -0.658. The third-order valence-corrected chi connectivity index (χ3v) is 5.41. The topological polar surface area (TPSA) is 58.1 Å². The average Bonchev–Trinajstić information content (AvgIpc) is 2.78. The van der Waals surface area contributed by atoms with Crippen molar-refractivity contribution < 1.29 is 13.6 Å². The SMILES string of the molecule is O=C(Cc1ccccc1)Nc1ccc(-c2ccc3ncc(N4CC(F)(F)C4)nc3c2)cc1. The van der Waals surface area contributed by atoms with Gasteiger partial charge in [0.25, 0.3) is 5.92 Å². The maximum Gasteiger partial charge on any atom is 0.282 e. The van der Waals surface area contributed by atoms with Crippen molar-refractivity contribution in [2.24, 2.45) is 0 Å². The summed E-state index contributed by atoms with van der Waals surface area (Å²) in [6, 6.07) is 22.8. The Kier molecular flexibility index (Phi) is 5.01. The molecule has 0 atom stereocenters. The molecule has 1 fully saturated rings. The van der Waals surface area contributed by atoms with Gasteiger partial charge < -0.3 is 10.2 Å². The molecule has 1 saturated heterocycles. The van der Waals surface area contributed by atoms with Gasteiger partial charge in [0.05, 0.1) is 36.7 Å². The molecule has 0 radical (unpaired) electrons. The van der Waals surface area contributed by atoms with Crippen LogP contribution in [-0.4, -0.2) is 34.9 Å². The van der Waals surface area contributed by atoms with Gasteiger partial charge in [0, 0.05) is 5.69 Å². The smallest absolute Gasteiger partial charge is 0.282 e. The van der Waals surface area contributed by atoms with Crippen molar-refractivity contribution in [1.82, 2.24) is 9.97 Å². The Morgan fingerprint density at radius 3 is 2.38 bits per heavy atom. The number of hydrogen-bond acceptors (Lipinski definition) is 4. The number of aromatic nitrogens is 2. The number of carbonyl (C=O) groups excluding carboxylic acids is 1. The van der Waals surface area contributed by atoms with Gasteiger partial charge in [0.1, 0.15) is 5.82 Å². The molecule has 3 aromatic carbocycles. The summed E-state index contributed by atoms with van der Waals surface area (Å²) in [6.07, 6.45) is 1.85. The van der Waals surface area contributed by atoms with Crippen LogP contribution in [0.5, 0.6) is 0 Å². The van der Waals surface area contributed by atoms with Crippen molar-refractivity contribution in [1.29, 1.82) is 0 Å². The lowest BCUT2D eigenvalue weighted by atomic mass is 10.0. The number of nitrogens with one attached hydrogen (secondary N) is 1. The Morgan fingerprint density at radius 2 is 1.66 bits per heavy atom. The van der Waals surface area contributed by atoms with E-state index in [2.05, 4.69) is 15.3 Å². The largest absolute Gasteiger partial charge is 0.343 e. The minimum absolute atomic E-state index is 0.0750. The summed E-state index contributed by atoms with van der Waals surface area (Å²) in [5.41, 5.74) is 4.91. The summed E-state index contributed by atoms with van der Waals surface area (Å²) in [5, 5.41) is 2.91. The van der Waals surface area contributed by atoms with Crippen LogP contribution >= 0.6 is 0 Å². The van der Waals surface area contributed by atoms with Crippen molar-refractivity contribution in [2.45, 2.75) is 12.3 Å². The Hall–Kier alpha value is -3.87. The average molecular weight is 430 g/mol. The first-order chi connectivity index (χ1) is 15.4. The van der Waals surface area contributed by atoms with Crippen LogP contribution in [0.25, 0.3) is 22.2 Å². The summed E-state index contributed by atoms with van der Waals surface area (Å²) >= 11 is 0. The van der Waals surface area contributed by atoms with E-state index in [0.717, 1.165) is 22.4 Å². The molecule has 2 heterocycles. The number of fused-ring (bicyclic) bond motifs is 1. The van der Waals surface area contributed by atoms with Gasteiger partial charge in [-0.1, -0.05) is 48.5 Å². The predicted octanol–water partition coefficient (Wildman–Crippen LogP) is 4.93. The van der Waals surface area contributed by atoms with E-state index in [1.165, 1.54) is 11.1 Å². The normalized spacial score (nSPS) is 14.8. The fourth-order valence-corrected chi connectivity index (χ4v) is 3.74. The molecule has 1 aliphatic rings. The van der Waals surface area contributed by atoms with Crippen LogP contribution in [0.1, 0.15) is 5.56 Å². The van der Waals surface area contributed by atoms with E-state index in [-0.39, 0.29) is 19.0 Å². The van der Waals surface area contributed by atoms with Crippen molar-refractivity contribution >= 4 is 28.4 Å². The van der Waals surface area contributed by atoms with Gasteiger partial charge in [-0.15, -0.1) is 0 Å². The molecule has 0 saturated carbocycles. The molecular formula is C25H20F2N4O. The molecule has 1 amide bonds. The van der Waals surface area contributed by atoms with Gasteiger partial charge in [0.15, 0.2) is 0 Å². The number of carbonyl (C=O) groups is 1. The first-order valence-corrected chi connectivity index (χ1v) is 10.3. The second-order valence-corrected chi connectivity index (χ2v) is 7.93. The number of alkyl halides is 2. The van der Waals surface area contributed by atoms with Crippen LogP contribution in [0.15, 0.2) is 79.0 Å². The standard InChI is InChI=1S/C25H20F2N4O/c26-25(27)15-31(16-25)23-14-28-21-11-8-19(13-22(21)30-23)18-6-9-20(10-7-18)29-24(32)12-17-4-2-1-3-5-17/h1-11,13-14H,12,15-16H2,(H,29,32). The van der Waals surface area contributed by atoms with Gasteiger partial charge in [-0.3, -0.25) is 9.78 Å². The van der Waals surface area contributed by atoms with Gasteiger partial charge >= 0.3 is 0 Å². The molecule has 0 bridgehead atoms. The number of halogens is 2. The monoisotopic (exact) mass is 430 g/mol. The van der Waals surface area contributed by atoms with Crippen molar-refractivity contribution in [3.8, 4) is 11.1 Å². The van der Waals surface area contributed by atoms with E-state index >= 15 is 0 Å². The fourth-order valence-electron chi connectivity index (χ4n) is 3.74. The molecule has 0 unspecified atom stereocenters. The van der Waals surface area contributed by atoms with Crippen LogP contribution in [0.2, 0.25) is 0 Å². The molecular weight excluding hydrogens is 410 g/mol. The van der Waals surface area contributed by atoms with E-state index in [1.807, 2.05) is 72.8 Å². The number of anilines is 2. The van der Waals surface area contributed by atoms with Crippen LogP contribution in [0, 0.1) is 0 Å². The lowest BCUT2D eigenvalue weighted by molar-refractivity contribution is -0.115. The zero-order valence-electron chi connectivity index (χ0n) is 17.1. The molecule has 4 aromatic rings. The maximum absolute atomic E-state index is 13.2. The van der Waals surface area contributed by atoms with Gasteiger partial charge in [-0.25, -0.2) is 13.8 Å². The highest BCUT2D eigenvalue weighted by Crippen LogP contribution is 2.31. The molecule has 160 valence electrons. The highest BCUT2D eigenvalue weighted by molar-refractivity contribution is 5.92. The molecule has 1 aliphatic heterocycles. The maximum atomic E-state index is 13.2. The van der Waals surface area contributed by atoms with Crippen LogP contribution in [0.4, 0.5) is 20.3 Å². The fraction of sp³-hybridized carbons (Fsp3) is 0.160. The Bertz CT molecular complexity index is 1270. The lowest BCUT2D eigenvalue weighted by Gasteiger charge is -2.39. The number of hydrogen-bond donors (Lipinski definition) is 1. The van der Waals surface area contributed by atoms with E-state index in [4.69, 9.17) is 0 Å². The molecule has 7 heteroatoms. The highest BCUT2D eigenvalue weighted by atomic mass is 19.3. The molecule has 0 spiro atoms. The summed E-state index contributed by atoms with van der Waals surface area (Å²) in [5.74, 6) is -2.28. The summed E-state index contributed by atoms with van der Waals surface area (Å²) < 4.78 is 26.4. The van der Waals surface area contributed by atoms with E-state index in [1.54, 1.807) is 0 Å². The van der Waals surface area contributed by atoms with Crippen LogP contribution < -0.4 is 10.2 Å². The Balaban J connectivity index is 1.30. The third kappa shape index (κ3) is 4.27. The van der Waals surface area contributed by atoms with Gasteiger partial charge in [-0.2, -0.15) is 0 Å². The van der Waals surface area contributed by atoms with Crippen molar-refractivity contribution in [2.75, 3.05) is 23.3 Å². The molecule has 5 nitrogen and oxygen atoms in total.